The Morgan fingerprint density at radius 2 is 2.12 bits per heavy atom. The highest BCUT2D eigenvalue weighted by atomic mass is 35.5. The molecule has 4 heteroatoms. The number of anilines is 1. The molecule has 0 unspecified atom stereocenters. The van der Waals surface area contributed by atoms with Gasteiger partial charge >= 0.3 is 0 Å². The van der Waals surface area contributed by atoms with Crippen LogP contribution in [-0.2, 0) is 6.42 Å². The molecule has 0 atom stereocenters. The first kappa shape index (κ1) is 13.2. The van der Waals surface area contributed by atoms with Gasteiger partial charge in [-0.05, 0) is 19.8 Å². The van der Waals surface area contributed by atoms with Crippen LogP contribution in [0.1, 0.15) is 32.4 Å². The number of rotatable bonds is 7. The molecule has 0 N–H and O–H groups in total. The maximum atomic E-state index is 5.71. The predicted molar refractivity (Wildman–Crippen MR) is 69.3 cm³/mol. The van der Waals surface area contributed by atoms with Gasteiger partial charge in [-0.1, -0.05) is 13.3 Å². The van der Waals surface area contributed by atoms with E-state index in [1.54, 1.807) is 6.33 Å². The third-order valence-electron chi connectivity index (χ3n) is 2.48. The minimum Gasteiger partial charge on any atom is -0.357 e. The summed E-state index contributed by atoms with van der Waals surface area (Å²) in [6.07, 6.45) is 4.78. The summed E-state index contributed by atoms with van der Waals surface area (Å²) in [7, 11) is 0. The van der Waals surface area contributed by atoms with Gasteiger partial charge in [-0.15, -0.1) is 11.6 Å². The normalized spacial score (nSPS) is 10.4. The third kappa shape index (κ3) is 3.97. The number of hydrogen-bond acceptors (Lipinski definition) is 3. The van der Waals surface area contributed by atoms with Crippen LogP contribution < -0.4 is 4.90 Å². The Morgan fingerprint density at radius 1 is 1.31 bits per heavy atom. The molecule has 0 bridgehead atoms. The van der Waals surface area contributed by atoms with Crippen LogP contribution in [0.4, 0.5) is 5.82 Å². The van der Waals surface area contributed by atoms with Crippen molar-refractivity contribution in [2.75, 3.05) is 23.9 Å². The van der Waals surface area contributed by atoms with Crippen molar-refractivity contribution in [2.24, 2.45) is 0 Å². The zero-order chi connectivity index (χ0) is 11.8. The highest BCUT2D eigenvalue weighted by Crippen LogP contribution is 2.12. The number of nitrogens with zero attached hydrogens (tertiary/aromatic N) is 3. The van der Waals surface area contributed by atoms with Crippen molar-refractivity contribution in [1.82, 2.24) is 9.97 Å². The van der Waals surface area contributed by atoms with Gasteiger partial charge in [0, 0.05) is 30.7 Å². The summed E-state index contributed by atoms with van der Waals surface area (Å²) >= 11 is 5.71. The van der Waals surface area contributed by atoms with Crippen molar-refractivity contribution < 1.29 is 0 Å². The van der Waals surface area contributed by atoms with Crippen LogP contribution in [0, 0.1) is 0 Å². The van der Waals surface area contributed by atoms with Gasteiger partial charge in [0.15, 0.2) is 0 Å². The summed E-state index contributed by atoms with van der Waals surface area (Å²) < 4.78 is 0. The molecule has 0 aliphatic rings. The quantitative estimate of drug-likeness (QED) is 0.688. The van der Waals surface area contributed by atoms with Crippen LogP contribution in [0.5, 0.6) is 0 Å². The lowest BCUT2D eigenvalue weighted by atomic mass is 10.2. The molecule has 0 spiro atoms. The zero-order valence-electron chi connectivity index (χ0n) is 10.1. The molecular weight excluding hydrogens is 222 g/mol. The van der Waals surface area contributed by atoms with Crippen LogP contribution in [-0.4, -0.2) is 28.9 Å². The molecule has 1 heterocycles. The van der Waals surface area contributed by atoms with E-state index in [1.165, 1.54) is 0 Å². The van der Waals surface area contributed by atoms with Gasteiger partial charge < -0.3 is 4.90 Å². The Hall–Kier alpha value is -0.830. The molecule has 0 aromatic carbocycles. The van der Waals surface area contributed by atoms with Gasteiger partial charge in [0.1, 0.15) is 12.1 Å². The summed E-state index contributed by atoms with van der Waals surface area (Å²) in [5.74, 6) is 1.72. The topological polar surface area (TPSA) is 29.0 Å². The molecule has 3 nitrogen and oxygen atoms in total. The summed E-state index contributed by atoms with van der Waals surface area (Å²) in [5.41, 5.74) is 1.12. The number of aromatic nitrogens is 2. The van der Waals surface area contributed by atoms with E-state index in [0.29, 0.717) is 5.88 Å². The Morgan fingerprint density at radius 3 is 2.75 bits per heavy atom. The van der Waals surface area contributed by atoms with E-state index < -0.39 is 0 Å². The summed E-state index contributed by atoms with van der Waals surface area (Å²) in [5, 5.41) is 0. The first-order valence-electron chi connectivity index (χ1n) is 5.93. The van der Waals surface area contributed by atoms with E-state index in [1.807, 2.05) is 0 Å². The lowest BCUT2D eigenvalue weighted by molar-refractivity contribution is 0.772. The van der Waals surface area contributed by atoms with E-state index >= 15 is 0 Å². The number of halogens is 1. The standard InChI is InChI=1S/C12H20ClN3/c1-3-6-11-9-12(15-10-14-11)16(4-2)8-5-7-13/h9-10H,3-8H2,1-2H3. The lowest BCUT2D eigenvalue weighted by Gasteiger charge is -2.21. The van der Waals surface area contributed by atoms with Crippen LogP contribution >= 0.6 is 11.6 Å². The summed E-state index contributed by atoms with van der Waals surface area (Å²) in [6.45, 7) is 6.21. The largest absolute Gasteiger partial charge is 0.357 e. The van der Waals surface area contributed by atoms with Gasteiger partial charge in [0.05, 0.1) is 0 Å². The van der Waals surface area contributed by atoms with E-state index in [0.717, 1.165) is 43.9 Å². The highest BCUT2D eigenvalue weighted by Gasteiger charge is 2.06. The molecule has 0 saturated carbocycles. The van der Waals surface area contributed by atoms with Crippen molar-refractivity contribution in [2.45, 2.75) is 33.1 Å². The fourth-order valence-electron chi connectivity index (χ4n) is 1.64. The minimum absolute atomic E-state index is 0.698. The molecule has 0 amide bonds. The summed E-state index contributed by atoms with van der Waals surface area (Å²) in [6, 6.07) is 2.08. The summed E-state index contributed by atoms with van der Waals surface area (Å²) in [4.78, 5) is 10.8. The second kappa shape index (κ2) is 7.44. The van der Waals surface area contributed by atoms with Crippen molar-refractivity contribution in [1.29, 1.82) is 0 Å². The van der Waals surface area contributed by atoms with Crippen LogP contribution in [0.15, 0.2) is 12.4 Å². The maximum absolute atomic E-state index is 5.71. The van der Waals surface area contributed by atoms with Crippen molar-refractivity contribution in [3.63, 3.8) is 0 Å². The van der Waals surface area contributed by atoms with E-state index in [4.69, 9.17) is 11.6 Å². The van der Waals surface area contributed by atoms with Crippen LogP contribution in [0.2, 0.25) is 0 Å². The molecule has 0 radical (unpaired) electrons. The molecular formula is C12H20ClN3. The van der Waals surface area contributed by atoms with E-state index in [-0.39, 0.29) is 0 Å². The SMILES string of the molecule is CCCc1cc(N(CC)CCCCl)ncn1. The Labute approximate surface area is 103 Å². The average molecular weight is 242 g/mol. The molecule has 1 rings (SSSR count). The molecule has 16 heavy (non-hydrogen) atoms. The van der Waals surface area contributed by atoms with Gasteiger partial charge in [0.25, 0.3) is 0 Å². The minimum atomic E-state index is 0.698. The predicted octanol–water partition coefficient (Wildman–Crippen LogP) is 2.88. The first-order chi connectivity index (χ1) is 7.81. The number of alkyl halides is 1. The lowest BCUT2D eigenvalue weighted by Crippen LogP contribution is -2.25. The second-order valence-corrected chi connectivity index (χ2v) is 4.12. The molecule has 90 valence electrons. The van der Waals surface area contributed by atoms with Gasteiger partial charge in [-0.25, -0.2) is 9.97 Å². The molecule has 0 aliphatic heterocycles. The van der Waals surface area contributed by atoms with Crippen molar-refractivity contribution in [3.05, 3.63) is 18.1 Å². The number of aryl methyl sites for hydroxylation is 1. The molecule has 0 aliphatic carbocycles. The average Bonchev–Trinajstić information content (AvgIpc) is 2.31. The van der Waals surface area contributed by atoms with Crippen LogP contribution in [0.25, 0.3) is 0 Å². The Balaban J connectivity index is 2.71. The fraction of sp³-hybridized carbons (Fsp3) is 0.667. The maximum Gasteiger partial charge on any atom is 0.132 e. The smallest absolute Gasteiger partial charge is 0.132 e. The molecule has 1 aromatic rings. The van der Waals surface area contributed by atoms with Gasteiger partial charge in [0.2, 0.25) is 0 Å². The van der Waals surface area contributed by atoms with Gasteiger partial charge in [-0.3, -0.25) is 0 Å². The molecule has 1 aromatic heterocycles. The molecule has 0 saturated heterocycles. The van der Waals surface area contributed by atoms with Gasteiger partial charge in [-0.2, -0.15) is 0 Å². The zero-order valence-corrected chi connectivity index (χ0v) is 10.9. The molecule has 0 fully saturated rings. The third-order valence-corrected chi connectivity index (χ3v) is 2.75. The van der Waals surface area contributed by atoms with E-state index in [2.05, 4.69) is 34.8 Å². The number of hydrogen-bond donors (Lipinski definition) is 0. The van der Waals surface area contributed by atoms with Crippen molar-refractivity contribution in [3.8, 4) is 0 Å². The monoisotopic (exact) mass is 241 g/mol. The second-order valence-electron chi connectivity index (χ2n) is 3.74. The van der Waals surface area contributed by atoms with E-state index in [9.17, 15) is 0 Å². The highest BCUT2D eigenvalue weighted by molar-refractivity contribution is 6.17. The Kier molecular flexibility index (Phi) is 6.16. The first-order valence-corrected chi connectivity index (χ1v) is 6.47. The fourth-order valence-corrected chi connectivity index (χ4v) is 1.76. The Bertz CT molecular complexity index is 304. The van der Waals surface area contributed by atoms with Crippen molar-refractivity contribution >= 4 is 17.4 Å². The van der Waals surface area contributed by atoms with Crippen LogP contribution in [0.3, 0.4) is 0 Å².